The van der Waals surface area contributed by atoms with Gasteiger partial charge in [-0.15, -0.1) is 0 Å². The molecule has 0 heterocycles. The summed E-state index contributed by atoms with van der Waals surface area (Å²) in [6, 6.07) is 7.02. The van der Waals surface area contributed by atoms with Crippen molar-refractivity contribution in [2.75, 3.05) is 0 Å². The molecule has 1 aliphatic rings. The van der Waals surface area contributed by atoms with Gasteiger partial charge in [0.25, 0.3) is 0 Å². The molecule has 0 radical (unpaired) electrons. The molecule has 0 spiro atoms. The molecule has 1 aromatic carbocycles. The minimum Gasteiger partial charge on any atom is -0.508 e. The van der Waals surface area contributed by atoms with Crippen LogP contribution in [-0.4, -0.2) is 11.0 Å². The zero-order chi connectivity index (χ0) is 17.2. The first-order valence-electron chi connectivity index (χ1n) is 8.79. The maximum Gasteiger partial charge on any atom is 0.223 e. The molecule has 23 heavy (non-hydrogen) atoms. The van der Waals surface area contributed by atoms with Gasteiger partial charge in [-0.2, -0.15) is 0 Å². The summed E-state index contributed by atoms with van der Waals surface area (Å²) in [6.45, 7) is 11.0. The summed E-state index contributed by atoms with van der Waals surface area (Å²) < 4.78 is 0. The molecule has 2 N–H and O–H groups in total. The van der Waals surface area contributed by atoms with Crippen LogP contribution in [0.1, 0.15) is 65.5 Å². The van der Waals surface area contributed by atoms with E-state index in [0.29, 0.717) is 11.8 Å². The summed E-state index contributed by atoms with van der Waals surface area (Å²) in [5.41, 5.74) is 1.27. The van der Waals surface area contributed by atoms with Crippen LogP contribution in [0.3, 0.4) is 0 Å². The number of aromatic hydroxyl groups is 1. The predicted octanol–water partition coefficient (Wildman–Crippen LogP) is 4.67. The highest BCUT2D eigenvalue weighted by molar-refractivity contribution is 5.79. The van der Waals surface area contributed by atoms with Crippen LogP contribution in [0.15, 0.2) is 24.3 Å². The van der Waals surface area contributed by atoms with Gasteiger partial charge in [0, 0.05) is 5.92 Å². The smallest absolute Gasteiger partial charge is 0.223 e. The lowest BCUT2D eigenvalue weighted by atomic mass is 9.64. The molecule has 1 aromatic rings. The third-order valence-corrected chi connectivity index (χ3v) is 5.39. The molecule has 0 saturated heterocycles. The summed E-state index contributed by atoms with van der Waals surface area (Å²) >= 11 is 0. The second kappa shape index (κ2) is 6.94. The Morgan fingerprint density at radius 2 is 1.83 bits per heavy atom. The maximum atomic E-state index is 12.9. The molecular formula is C20H31NO2. The fourth-order valence-corrected chi connectivity index (χ4v) is 3.86. The fraction of sp³-hybridized carbons (Fsp3) is 0.650. The third-order valence-electron chi connectivity index (χ3n) is 5.39. The third kappa shape index (κ3) is 4.49. The number of rotatable bonds is 4. The lowest BCUT2D eigenvalue weighted by Gasteiger charge is -2.42. The van der Waals surface area contributed by atoms with Gasteiger partial charge in [0.15, 0.2) is 0 Å². The minimum atomic E-state index is -0.0408. The first-order valence-corrected chi connectivity index (χ1v) is 8.79. The number of hydrogen-bond acceptors (Lipinski definition) is 2. The van der Waals surface area contributed by atoms with Crippen molar-refractivity contribution in [3.8, 4) is 5.75 Å². The van der Waals surface area contributed by atoms with E-state index in [1.807, 2.05) is 19.1 Å². The van der Waals surface area contributed by atoms with E-state index < -0.39 is 0 Å². The Morgan fingerprint density at radius 1 is 1.22 bits per heavy atom. The molecular weight excluding hydrogens is 286 g/mol. The Labute approximate surface area is 140 Å². The van der Waals surface area contributed by atoms with Gasteiger partial charge in [0.2, 0.25) is 5.91 Å². The van der Waals surface area contributed by atoms with Crippen LogP contribution in [0, 0.1) is 23.2 Å². The number of phenols is 1. The maximum absolute atomic E-state index is 12.9. The van der Waals surface area contributed by atoms with Crippen LogP contribution in [0.25, 0.3) is 0 Å². The second-order valence-corrected chi connectivity index (χ2v) is 8.24. The van der Waals surface area contributed by atoms with Crippen molar-refractivity contribution >= 4 is 5.91 Å². The van der Waals surface area contributed by atoms with Gasteiger partial charge in [0.05, 0.1) is 6.04 Å². The van der Waals surface area contributed by atoms with Gasteiger partial charge >= 0.3 is 0 Å². The fourth-order valence-electron chi connectivity index (χ4n) is 3.86. The summed E-state index contributed by atoms with van der Waals surface area (Å²) in [5, 5.41) is 12.6. The molecule has 0 bridgehead atoms. The minimum absolute atomic E-state index is 0.0408. The van der Waals surface area contributed by atoms with Crippen molar-refractivity contribution < 1.29 is 9.90 Å². The molecule has 2 rings (SSSR count). The van der Waals surface area contributed by atoms with Crippen molar-refractivity contribution in [1.29, 1.82) is 0 Å². The highest BCUT2D eigenvalue weighted by Crippen LogP contribution is 2.44. The topological polar surface area (TPSA) is 49.3 Å². The molecule has 1 saturated carbocycles. The van der Waals surface area contributed by atoms with E-state index >= 15 is 0 Å². The van der Waals surface area contributed by atoms with E-state index in [-0.39, 0.29) is 29.0 Å². The highest BCUT2D eigenvalue weighted by atomic mass is 16.3. The first-order chi connectivity index (χ1) is 10.7. The zero-order valence-corrected chi connectivity index (χ0v) is 15.1. The molecule has 0 aliphatic heterocycles. The Kier molecular flexibility index (Phi) is 5.38. The molecule has 1 amide bonds. The number of amides is 1. The van der Waals surface area contributed by atoms with E-state index in [2.05, 4.69) is 33.0 Å². The van der Waals surface area contributed by atoms with Crippen LogP contribution in [0.4, 0.5) is 0 Å². The van der Waals surface area contributed by atoms with Crippen molar-refractivity contribution in [1.82, 2.24) is 5.32 Å². The normalized spacial score (nSPS) is 25.1. The number of hydrogen-bond donors (Lipinski definition) is 2. The van der Waals surface area contributed by atoms with Crippen LogP contribution < -0.4 is 5.32 Å². The van der Waals surface area contributed by atoms with Gasteiger partial charge in [-0.1, -0.05) is 39.8 Å². The van der Waals surface area contributed by atoms with E-state index in [4.69, 9.17) is 0 Å². The van der Waals surface area contributed by atoms with E-state index in [9.17, 15) is 9.90 Å². The lowest BCUT2D eigenvalue weighted by Crippen LogP contribution is -2.43. The van der Waals surface area contributed by atoms with Crippen molar-refractivity contribution in [3.63, 3.8) is 0 Å². The quantitative estimate of drug-likeness (QED) is 0.848. The zero-order valence-electron chi connectivity index (χ0n) is 15.1. The monoisotopic (exact) mass is 317 g/mol. The van der Waals surface area contributed by atoms with Gasteiger partial charge in [-0.3, -0.25) is 4.79 Å². The highest BCUT2D eigenvalue weighted by Gasteiger charge is 2.40. The van der Waals surface area contributed by atoms with Crippen molar-refractivity contribution in [3.05, 3.63) is 29.8 Å². The van der Waals surface area contributed by atoms with Crippen LogP contribution in [-0.2, 0) is 4.79 Å². The Hall–Kier alpha value is -1.51. The summed E-state index contributed by atoms with van der Waals surface area (Å²) in [7, 11) is 0. The molecule has 0 aromatic heterocycles. The first kappa shape index (κ1) is 17.8. The lowest BCUT2D eigenvalue weighted by molar-refractivity contribution is -0.131. The number of nitrogens with one attached hydrogen (secondary N) is 1. The molecule has 3 unspecified atom stereocenters. The average molecular weight is 317 g/mol. The second-order valence-electron chi connectivity index (χ2n) is 8.24. The molecule has 3 atom stereocenters. The van der Waals surface area contributed by atoms with Gasteiger partial charge < -0.3 is 10.4 Å². The number of carbonyl (C=O) groups excluding carboxylic acids is 1. The van der Waals surface area contributed by atoms with E-state index in [1.54, 1.807) is 12.1 Å². The average Bonchev–Trinajstić information content (AvgIpc) is 2.46. The Balaban J connectivity index is 2.08. The molecule has 1 aliphatic carbocycles. The van der Waals surface area contributed by atoms with E-state index in [0.717, 1.165) is 18.4 Å². The van der Waals surface area contributed by atoms with Crippen LogP contribution in [0.2, 0.25) is 0 Å². The largest absolute Gasteiger partial charge is 0.508 e. The standard InChI is InChI=1S/C20H31NO2/c1-13(2)17-10-11-20(4,5)12-18(17)19(23)21-14(3)15-6-8-16(22)9-7-15/h6-9,13-14,17-18,22H,10-12H2,1-5H3,(H,21,23). The predicted molar refractivity (Wildman–Crippen MR) is 94.1 cm³/mol. The van der Waals surface area contributed by atoms with Gasteiger partial charge in [-0.05, 0) is 61.1 Å². The molecule has 128 valence electrons. The van der Waals surface area contributed by atoms with Crippen LogP contribution >= 0.6 is 0 Å². The van der Waals surface area contributed by atoms with Crippen LogP contribution in [0.5, 0.6) is 5.75 Å². The summed E-state index contributed by atoms with van der Waals surface area (Å²) in [4.78, 5) is 12.9. The molecule has 1 fully saturated rings. The van der Waals surface area contributed by atoms with Gasteiger partial charge in [0.1, 0.15) is 5.75 Å². The van der Waals surface area contributed by atoms with Crippen molar-refractivity contribution in [2.45, 2.75) is 59.9 Å². The number of phenolic OH excluding ortho intramolecular Hbond substituents is 1. The van der Waals surface area contributed by atoms with E-state index in [1.165, 1.54) is 6.42 Å². The Bertz CT molecular complexity index is 533. The number of carbonyl (C=O) groups is 1. The molecule has 3 nitrogen and oxygen atoms in total. The Morgan fingerprint density at radius 3 is 2.39 bits per heavy atom. The summed E-state index contributed by atoms with van der Waals surface area (Å²) in [6.07, 6.45) is 3.30. The number of benzene rings is 1. The molecule has 3 heteroatoms. The summed E-state index contributed by atoms with van der Waals surface area (Å²) in [5.74, 6) is 1.53. The van der Waals surface area contributed by atoms with Gasteiger partial charge in [-0.25, -0.2) is 0 Å². The SMILES string of the molecule is CC(NC(=O)C1CC(C)(C)CCC1C(C)C)c1ccc(O)cc1. The van der Waals surface area contributed by atoms with Crippen molar-refractivity contribution in [2.24, 2.45) is 23.2 Å².